The van der Waals surface area contributed by atoms with Crippen LogP contribution < -0.4 is 10.3 Å². The smallest absolute Gasteiger partial charge is 0.294 e. The number of hydrogen-bond acceptors (Lipinski definition) is 4. The van der Waals surface area contributed by atoms with Crippen molar-refractivity contribution in [3.63, 3.8) is 0 Å². The van der Waals surface area contributed by atoms with Crippen LogP contribution in [0.25, 0.3) is 5.69 Å². The first-order valence-corrected chi connectivity index (χ1v) is 10.8. The van der Waals surface area contributed by atoms with Crippen molar-refractivity contribution in [2.75, 3.05) is 6.61 Å². The summed E-state index contributed by atoms with van der Waals surface area (Å²) < 4.78 is 37.1. The molecule has 9 heteroatoms. The molecule has 0 fully saturated rings. The number of aryl methyl sites for hydroxylation is 2. The van der Waals surface area contributed by atoms with Gasteiger partial charge in [0.2, 0.25) is 0 Å². The van der Waals surface area contributed by atoms with Crippen molar-refractivity contribution in [3.8, 4) is 17.2 Å². The Kier molecular flexibility index (Phi) is 6.54. The van der Waals surface area contributed by atoms with E-state index in [0.29, 0.717) is 5.75 Å². The summed E-state index contributed by atoms with van der Waals surface area (Å²) in [5.41, 5.74) is 2.00. The summed E-state index contributed by atoms with van der Waals surface area (Å²) in [6.07, 6.45) is 4.90. The van der Waals surface area contributed by atoms with Crippen LogP contribution in [0.4, 0.5) is 8.78 Å². The van der Waals surface area contributed by atoms with Gasteiger partial charge < -0.3 is 19.0 Å². The van der Waals surface area contributed by atoms with Gasteiger partial charge in [0.05, 0.1) is 29.7 Å². The third kappa shape index (κ3) is 4.60. The molecule has 1 N–H and O–H groups in total. The summed E-state index contributed by atoms with van der Waals surface area (Å²) in [4.78, 5) is 17.4. The Morgan fingerprint density at radius 3 is 2.38 bits per heavy atom. The van der Waals surface area contributed by atoms with E-state index in [-0.39, 0.29) is 21.9 Å². The minimum atomic E-state index is -1.06. The Morgan fingerprint density at radius 2 is 1.79 bits per heavy atom. The molecule has 0 spiro atoms. The molecule has 0 aliphatic rings. The minimum absolute atomic E-state index is 0.0919. The van der Waals surface area contributed by atoms with Crippen LogP contribution in [0.2, 0.25) is 5.02 Å². The van der Waals surface area contributed by atoms with Gasteiger partial charge in [0.25, 0.3) is 5.56 Å². The topological polar surface area (TPSA) is 69.3 Å². The van der Waals surface area contributed by atoms with E-state index in [9.17, 15) is 18.7 Å². The van der Waals surface area contributed by atoms with Gasteiger partial charge in [0.15, 0.2) is 5.75 Å². The zero-order chi connectivity index (χ0) is 24.6. The number of aliphatic hydroxyl groups excluding tert-OH is 1. The molecule has 4 aromatic rings. The predicted molar refractivity (Wildman–Crippen MR) is 125 cm³/mol. The van der Waals surface area contributed by atoms with Gasteiger partial charge >= 0.3 is 0 Å². The summed E-state index contributed by atoms with van der Waals surface area (Å²) >= 11 is 6.22. The van der Waals surface area contributed by atoms with E-state index in [1.165, 1.54) is 19.2 Å². The molecule has 34 heavy (non-hydrogen) atoms. The SMILES string of the molecule is Cc1cn(-c2ccc(Oc3cc(Cl)cn([C@@H](CO)c4cc(F)c(C)c(F)c4)c3=O)cc2C)cn1. The minimum Gasteiger partial charge on any atom is -0.451 e. The lowest BCUT2D eigenvalue weighted by atomic mass is 10.0. The number of benzene rings is 2. The van der Waals surface area contributed by atoms with Crippen molar-refractivity contribution < 1.29 is 18.6 Å². The van der Waals surface area contributed by atoms with E-state index in [0.717, 1.165) is 33.6 Å². The predicted octanol–water partition coefficient (Wildman–Crippen LogP) is 5.26. The third-order valence-electron chi connectivity index (χ3n) is 5.56. The number of pyridine rings is 1. The molecule has 0 amide bonds. The summed E-state index contributed by atoms with van der Waals surface area (Å²) in [5, 5.41) is 10.1. The first-order valence-electron chi connectivity index (χ1n) is 10.5. The quantitative estimate of drug-likeness (QED) is 0.404. The van der Waals surface area contributed by atoms with E-state index < -0.39 is 29.8 Å². The van der Waals surface area contributed by atoms with Gasteiger partial charge in [-0.3, -0.25) is 4.79 Å². The molecule has 176 valence electrons. The fraction of sp³-hybridized carbons (Fsp3) is 0.200. The van der Waals surface area contributed by atoms with E-state index in [1.54, 1.807) is 18.5 Å². The molecule has 4 rings (SSSR count). The average Bonchev–Trinajstić information content (AvgIpc) is 3.21. The number of imidazole rings is 1. The Bertz CT molecular complexity index is 1410. The molecular formula is C25H22ClF2N3O3. The second-order valence-corrected chi connectivity index (χ2v) is 8.45. The van der Waals surface area contributed by atoms with Crippen LogP contribution in [-0.4, -0.2) is 25.8 Å². The molecule has 0 aliphatic heterocycles. The second kappa shape index (κ2) is 9.40. The number of aliphatic hydroxyl groups is 1. The summed E-state index contributed by atoms with van der Waals surface area (Å²) in [6, 6.07) is 7.78. The van der Waals surface area contributed by atoms with Gasteiger partial charge in [-0.05, 0) is 62.2 Å². The second-order valence-electron chi connectivity index (χ2n) is 8.02. The van der Waals surface area contributed by atoms with Gasteiger partial charge in [-0.25, -0.2) is 13.8 Å². The lowest BCUT2D eigenvalue weighted by Crippen LogP contribution is -2.28. The van der Waals surface area contributed by atoms with Crippen LogP contribution >= 0.6 is 11.6 Å². The van der Waals surface area contributed by atoms with Gasteiger partial charge in [-0.2, -0.15) is 0 Å². The molecule has 0 aliphatic carbocycles. The molecule has 0 saturated carbocycles. The highest BCUT2D eigenvalue weighted by Crippen LogP contribution is 2.28. The van der Waals surface area contributed by atoms with Crippen molar-refractivity contribution in [2.24, 2.45) is 0 Å². The normalized spacial score (nSPS) is 12.1. The molecule has 0 bridgehead atoms. The zero-order valence-electron chi connectivity index (χ0n) is 18.7. The van der Waals surface area contributed by atoms with Crippen molar-refractivity contribution in [1.82, 2.24) is 14.1 Å². The zero-order valence-corrected chi connectivity index (χ0v) is 19.5. The van der Waals surface area contributed by atoms with Crippen LogP contribution in [0.15, 0.2) is 59.9 Å². The fourth-order valence-corrected chi connectivity index (χ4v) is 3.92. The highest BCUT2D eigenvalue weighted by atomic mass is 35.5. The highest BCUT2D eigenvalue weighted by molar-refractivity contribution is 6.30. The Balaban J connectivity index is 1.70. The van der Waals surface area contributed by atoms with Crippen molar-refractivity contribution in [3.05, 3.63) is 105 Å². The van der Waals surface area contributed by atoms with Crippen LogP contribution in [0.5, 0.6) is 11.5 Å². The van der Waals surface area contributed by atoms with Crippen LogP contribution in [0.3, 0.4) is 0 Å². The maximum atomic E-state index is 14.1. The largest absolute Gasteiger partial charge is 0.451 e. The van der Waals surface area contributed by atoms with Crippen molar-refractivity contribution in [1.29, 1.82) is 0 Å². The summed E-state index contributed by atoms with van der Waals surface area (Å²) in [6.45, 7) is 4.52. The van der Waals surface area contributed by atoms with Gasteiger partial charge in [-0.1, -0.05) is 11.6 Å². The Hall–Kier alpha value is -3.49. The third-order valence-corrected chi connectivity index (χ3v) is 5.77. The molecule has 2 aromatic heterocycles. The van der Waals surface area contributed by atoms with Gasteiger partial charge in [0, 0.05) is 29.7 Å². The lowest BCUT2D eigenvalue weighted by molar-refractivity contribution is 0.245. The fourth-order valence-electron chi connectivity index (χ4n) is 3.72. The lowest BCUT2D eigenvalue weighted by Gasteiger charge is -2.20. The van der Waals surface area contributed by atoms with Crippen molar-refractivity contribution >= 4 is 11.6 Å². The maximum absolute atomic E-state index is 14.1. The maximum Gasteiger partial charge on any atom is 0.294 e. The van der Waals surface area contributed by atoms with E-state index >= 15 is 0 Å². The molecule has 2 aromatic carbocycles. The van der Waals surface area contributed by atoms with Crippen molar-refractivity contribution in [2.45, 2.75) is 26.8 Å². The molecule has 6 nitrogen and oxygen atoms in total. The van der Waals surface area contributed by atoms with Gasteiger partial charge in [-0.15, -0.1) is 0 Å². The number of hydrogen-bond donors (Lipinski definition) is 1. The van der Waals surface area contributed by atoms with Crippen LogP contribution in [-0.2, 0) is 0 Å². The first-order chi connectivity index (χ1) is 16.2. The van der Waals surface area contributed by atoms with Crippen LogP contribution in [0, 0.1) is 32.4 Å². The first kappa shape index (κ1) is 23.7. The Labute approximate surface area is 199 Å². The summed E-state index contributed by atoms with van der Waals surface area (Å²) in [5.74, 6) is -1.24. The molecule has 0 radical (unpaired) electrons. The standard InChI is InChI=1S/C25H22ClF2N3O3/c1-14-6-19(4-5-22(14)30-10-15(2)29-13-30)34-24-9-18(26)11-31(25(24)33)23(12-32)17-7-20(27)16(3)21(28)8-17/h4-11,13,23,32H,12H2,1-3H3/t23-/m0/s1. The molecule has 0 unspecified atom stereocenters. The molecule has 1 atom stereocenters. The number of aromatic nitrogens is 3. The number of halogens is 3. The molecular weight excluding hydrogens is 464 g/mol. The number of ether oxygens (including phenoxy) is 1. The van der Waals surface area contributed by atoms with Crippen LogP contribution in [0.1, 0.15) is 28.4 Å². The van der Waals surface area contributed by atoms with E-state index in [4.69, 9.17) is 16.3 Å². The number of nitrogens with zero attached hydrogens (tertiary/aromatic N) is 3. The van der Waals surface area contributed by atoms with Gasteiger partial charge in [0.1, 0.15) is 17.4 Å². The molecule has 2 heterocycles. The van der Waals surface area contributed by atoms with E-state index in [1.807, 2.05) is 30.7 Å². The monoisotopic (exact) mass is 485 g/mol. The molecule has 0 saturated heterocycles. The summed E-state index contributed by atoms with van der Waals surface area (Å²) in [7, 11) is 0. The van der Waals surface area contributed by atoms with E-state index in [2.05, 4.69) is 4.98 Å². The average molecular weight is 486 g/mol. The Morgan fingerprint density at radius 1 is 1.09 bits per heavy atom. The highest BCUT2D eigenvalue weighted by Gasteiger charge is 2.21. The number of rotatable bonds is 6.